The molecule has 2 aromatic rings. The van der Waals surface area contributed by atoms with E-state index >= 15 is 0 Å². The predicted octanol–water partition coefficient (Wildman–Crippen LogP) is 3.03. The average Bonchev–Trinajstić information content (AvgIpc) is 2.40. The van der Waals surface area contributed by atoms with E-state index in [9.17, 15) is 4.79 Å². The molecule has 1 N–H and O–H groups in total. The number of amides is 1. The van der Waals surface area contributed by atoms with Gasteiger partial charge in [-0.1, -0.05) is 18.2 Å². The number of halogens is 1. The van der Waals surface area contributed by atoms with Crippen molar-refractivity contribution >= 4 is 23.2 Å². The van der Waals surface area contributed by atoms with E-state index in [1.54, 1.807) is 0 Å². The zero-order valence-corrected chi connectivity index (χ0v) is 10.6. The molecule has 0 saturated carbocycles. The fourth-order valence-corrected chi connectivity index (χ4v) is 1.76. The SMILES string of the molecule is CC(Cl)c1ccccc1NC(=O)c1cncnc1. The fraction of sp³-hybridized carbons (Fsp3) is 0.154. The third-order valence-electron chi connectivity index (χ3n) is 2.46. The third-order valence-corrected chi connectivity index (χ3v) is 2.70. The van der Waals surface area contributed by atoms with Crippen molar-refractivity contribution in [1.82, 2.24) is 9.97 Å². The average molecular weight is 262 g/mol. The Bertz CT molecular complexity index is 543. The minimum atomic E-state index is -0.250. The molecular formula is C13H12ClN3O. The van der Waals surface area contributed by atoms with Gasteiger partial charge >= 0.3 is 0 Å². The molecule has 1 heterocycles. The first-order chi connectivity index (χ1) is 8.68. The minimum Gasteiger partial charge on any atom is -0.322 e. The van der Waals surface area contributed by atoms with E-state index in [2.05, 4.69) is 15.3 Å². The molecule has 0 fully saturated rings. The molecule has 1 unspecified atom stereocenters. The first-order valence-electron chi connectivity index (χ1n) is 5.48. The quantitative estimate of drug-likeness (QED) is 0.864. The zero-order chi connectivity index (χ0) is 13.0. The van der Waals surface area contributed by atoms with Gasteiger partial charge in [0, 0.05) is 18.1 Å². The van der Waals surface area contributed by atoms with Crippen LogP contribution in [0.3, 0.4) is 0 Å². The third kappa shape index (κ3) is 2.84. The van der Waals surface area contributed by atoms with Crippen LogP contribution in [0.15, 0.2) is 43.0 Å². The molecule has 92 valence electrons. The van der Waals surface area contributed by atoms with Crippen molar-refractivity contribution in [2.45, 2.75) is 12.3 Å². The second-order valence-corrected chi connectivity index (χ2v) is 4.44. The molecule has 4 nitrogen and oxygen atoms in total. The maximum absolute atomic E-state index is 12.0. The van der Waals surface area contributed by atoms with Gasteiger partial charge in [-0.3, -0.25) is 4.79 Å². The van der Waals surface area contributed by atoms with Crippen LogP contribution < -0.4 is 5.32 Å². The zero-order valence-electron chi connectivity index (χ0n) is 9.80. The molecule has 2 rings (SSSR count). The number of nitrogens with one attached hydrogen (secondary N) is 1. The Kier molecular flexibility index (Phi) is 3.89. The van der Waals surface area contributed by atoms with Crippen molar-refractivity contribution in [3.8, 4) is 0 Å². The number of hydrogen-bond donors (Lipinski definition) is 1. The van der Waals surface area contributed by atoms with E-state index in [-0.39, 0.29) is 11.3 Å². The molecule has 5 heteroatoms. The number of nitrogens with zero attached hydrogens (tertiary/aromatic N) is 2. The predicted molar refractivity (Wildman–Crippen MR) is 70.7 cm³/mol. The number of aromatic nitrogens is 2. The normalized spacial score (nSPS) is 11.9. The molecule has 0 bridgehead atoms. The topological polar surface area (TPSA) is 54.9 Å². The van der Waals surface area contributed by atoms with Crippen LogP contribution in [0.4, 0.5) is 5.69 Å². The van der Waals surface area contributed by atoms with Crippen LogP contribution >= 0.6 is 11.6 Å². The summed E-state index contributed by atoms with van der Waals surface area (Å²) in [5.74, 6) is -0.250. The molecule has 1 aromatic heterocycles. The van der Waals surface area contributed by atoms with Crippen molar-refractivity contribution in [2.24, 2.45) is 0 Å². The van der Waals surface area contributed by atoms with Gasteiger partial charge in [-0.05, 0) is 18.6 Å². The van der Waals surface area contributed by atoms with E-state index in [0.29, 0.717) is 11.3 Å². The molecule has 1 aromatic carbocycles. The van der Waals surface area contributed by atoms with E-state index in [0.717, 1.165) is 5.56 Å². The Hall–Kier alpha value is -1.94. The van der Waals surface area contributed by atoms with Gasteiger partial charge < -0.3 is 5.32 Å². The van der Waals surface area contributed by atoms with E-state index < -0.39 is 0 Å². The summed E-state index contributed by atoms with van der Waals surface area (Å²) in [7, 11) is 0. The highest BCUT2D eigenvalue weighted by molar-refractivity contribution is 6.21. The van der Waals surface area contributed by atoms with Crippen LogP contribution in [0, 0.1) is 0 Å². The number of hydrogen-bond acceptors (Lipinski definition) is 3. The maximum Gasteiger partial charge on any atom is 0.258 e. The number of rotatable bonds is 3. The van der Waals surface area contributed by atoms with Crippen LogP contribution in [-0.2, 0) is 0 Å². The van der Waals surface area contributed by atoms with Crippen molar-refractivity contribution in [3.63, 3.8) is 0 Å². The molecular weight excluding hydrogens is 250 g/mol. The lowest BCUT2D eigenvalue weighted by Crippen LogP contribution is -2.13. The lowest BCUT2D eigenvalue weighted by molar-refractivity contribution is 0.102. The number of carbonyl (C=O) groups excluding carboxylic acids is 1. The van der Waals surface area contributed by atoms with Crippen molar-refractivity contribution in [3.05, 3.63) is 54.1 Å². The van der Waals surface area contributed by atoms with Crippen molar-refractivity contribution in [1.29, 1.82) is 0 Å². The summed E-state index contributed by atoms with van der Waals surface area (Å²) in [6.07, 6.45) is 4.32. The molecule has 0 aliphatic heterocycles. The van der Waals surface area contributed by atoms with Gasteiger partial charge in [0.1, 0.15) is 6.33 Å². The highest BCUT2D eigenvalue weighted by atomic mass is 35.5. The van der Waals surface area contributed by atoms with Crippen molar-refractivity contribution in [2.75, 3.05) is 5.32 Å². The van der Waals surface area contributed by atoms with Crippen LogP contribution in [0.1, 0.15) is 28.2 Å². The smallest absolute Gasteiger partial charge is 0.258 e. The Morgan fingerprint density at radius 2 is 1.94 bits per heavy atom. The van der Waals surface area contributed by atoms with E-state index in [1.165, 1.54) is 18.7 Å². The van der Waals surface area contributed by atoms with Gasteiger partial charge in [0.25, 0.3) is 5.91 Å². The summed E-state index contributed by atoms with van der Waals surface area (Å²) in [6.45, 7) is 1.86. The van der Waals surface area contributed by atoms with Gasteiger partial charge in [0.05, 0.1) is 10.9 Å². The first-order valence-corrected chi connectivity index (χ1v) is 5.91. The van der Waals surface area contributed by atoms with Gasteiger partial charge in [-0.15, -0.1) is 11.6 Å². The number of carbonyl (C=O) groups is 1. The number of alkyl halides is 1. The van der Waals surface area contributed by atoms with Gasteiger partial charge in [0.15, 0.2) is 0 Å². The highest BCUT2D eigenvalue weighted by Gasteiger charge is 2.11. The molecule has 0 aliphatic rings. The second kappa shape index (κ2) is 5.60. The van der Waals surface area contributed by atoms with Gasteiger partial charge in [-0.2, -0.15) is 0 Å². The first kappa shape index (κ1) is 12.5. The second-order valence-electron chi connectivity index (χ2n) is 3.78. The summed E-state index contributed by atoms with van der Waals surface area (Å²) in [6, 6.07) is 7.43. The summed E-state index contributed by atoms with van der Waals surface area (Å²) < 4.78 is 0. The Morgan fingerprint density at radius 3 is 2.61 bits per heavy atom. The molecule has 0 spiro atoms. The molecule has 18 heavy (non-hydrogen) atoms. The number of benzene rings is 1. The van der Waals surface area contributed by atoms with E-state index in [4.69, 9.17) is 11.6 Å². The van der Waals surface area contributed by atoms with Gasteiger partial charge in [-0.25, -0.2) is 9.97 Å². The maximum atomic E-state index is 12.0. The summed E-state index contributed by atoms with van der Waals surface area (Å²) in [5.41, 5.74) is 1.99. The molecule has 0 radical (unpaired) electrons. The summed E-state index contributed by atoms with van der Waals surface area (Å²) >= 11 is 6.06. The van der Waals surface area contributed by atoms with Crippen LogP contribution in [0.2, 0.25) is 0 Å². The summed E-state index contributed by atoms with van der Waals surface area (Å²) in [5, 5.41) is 2.63. The standard InChI is InChI=1S/C13H12ClN3O/c1-9(14)11-4-2-3-5-12(11)17-13(18)10-6-15-8-16-7-10/h2-9H,1H3,(H,17,18). The fourth-order valence-electron chi connectivity index (χ4n) is 1.57. The van der Waals surface area contributed by atoms with E-state index in [1.807, 2.05) is 31.2 Å². The highest BCUT2D eigenvalue weighted by Crippen LogP contribution is 2.27. The molecule has 1 amide bonds. The Morgan fingerprint density at radius 1 is 1.28 bits per heavy atom. The van der Waals surface area contributed by atoms with Crippen LogP contribution in [0.25, 0.3) is 0 Å². The van der Waals surface area contributed by atoms with Crippen molar-refractivity contribution < 1.29 is 4.79 Å². The minimum absolute atomic E-state index is 0.173. The number of para-hydroxylation sites is 1. The van der Waals surface area contributed by atoms with Crippen LogP contribution in [0.5, 0.6) is 0 Å². The number of anilines is 1. The Balaban J connectivity index is 2.22. The molecule has 0 aliphatic carbocycles. The van der Waals surface area contributed by atoms with Crippen LogP contribution in [-0.4, -0.2) is 15.9 Å². The lowest BCUT2D eigenvalue weighted by atomic mass is 10.1. The Labute approximate surface area is 110 Å². The lowest BCUT2D eigenvalue weighted by Gasteiger charge is -2.12. The summed E-state index contributed by atoms with van der Waals surface area (Å²) in [4.78, 5) is 19.6. The monoisotopic (exact) mass is 261 g/mol. The molecule has 1 atom stereocenters. The largest absolute Gasteiger partial charge is 0.322 e. The van der Waals surface area contributed by atoms with Gasteiger partial charge in [0.2, 0.25) is 0 Å². The molecule has 0 saturated heterocycles.